The van der Waals surface area contributed by atoms with Crippen molar-refractivity contribution in [2.24, 2.45) is 0 Å². The monoisotopic (exact) mass is 211 g/mol. The van der Waals surface area contributed by atoms with Gasteiger partial charge in [0.1, 0.15) is 6.54 Å². The Morgan fingerprint density at radius 3 is 3.00 bits per heavy atom. The molecule has 0 radical (unpaired) electrons. The molecular weight excluding hydrogens is 202 g/mol. The number of amides is 1. The molecule has 1 amide bonds. The van der Waals surface area contributed by atoms with Gasteiger partial charge in [0.25, 0.3) is 0 Å². The summed E-state index contributed by atoms with van der Waals surface area (Å²) in [5.41, 5.74) is 0. The minimum atomic E-state index is -0.959. The number of aliphatic carboxylic acids is 1. The van der Waals surface area contributed by atoms with Crippen LogP contribution in [0.3, 0.4) is 0 Å². The molecule has 1 fully saturated rings. The van der Waals surface area contributed by atoms with E-state index in [1.54, 1.807) is 11.3 Å². The molecule has 14 heavy (non-hydrogen) atoms. The molecule has 5 heteroatoms. The van der Waals surface area contributed by atoms with E-state index in [1.165, 1.54) is 4.90 Å². The van der Waals surface area contributed by atoms with Crippen LogP contribution in [0.5, 0.6) is 0 Å². The number of thiophene rings is 1. The molecule has 1 aromatic rings. The number of carboxylic acid groups (broad SMARTS) is 1. The number of likely N-dealkylation sites (tertiary alicyclic amines) is 1. The van der Waals surface area contributed by atoms with Crippen LogP contribution in [0.1, 0.15) is 17.3 Å². The average Bonchev–Trinajstić information content (AvgIpc) is 2.62. The first-order valence-electron chi connectivity index (χ1n) is 4.23. The van der Waals surface area contributed by atoms with Gasteiger partial charge >= 0.3 is 5.97 Å². The van der Waals surface area contributed by atoms with Crippen LogP contribution in [0.2, 0.25) is 0 Å². The Morgan fingerprint density at radius 1 is 1.71 bits per heavy atom. The van der Waals surface area contributed by atoms with E-state index in [1.807, 2.05) is 17.5 Å². The Kier molecular flexibility index (Phi) is 2.25. The molecule has 1 atom stereocenters. The molecule has 1 aliphatic rings. The van der Waals surface area contributed by atoms with Gasteiger partial charge in [-0.15, -0.1) is 11.3 Å². The van der Waals surface area contributed by atoms with Crippen LogP contribution >= 0.6 is 11.3 Å². The van der Waals surface area contributed by atoms with Crippen molar-refractivity contribution in [1.82, 2.24) is 4.90 Å². The first kappa shape index (κ1) is 9.21. The summed E-state index contributed by atoms with van der Waals surface area (Å²) in [4.78, 5) is 24.1. The van der Waals surface area contributed by atoms with Crippen molar-refractivity contribution < 1.29 is 14.7 Å². The summed E-state index contributed by atoms with van der Waals surface area (Å²) >= 11 is 1.55. The first-order valence-corrected chi connectivity index (χ1v) is 5.11. The number of β-lactam (4-membered cyclic amide) rings is 1. The Bertz CT molecular complexity index is 360. The molecule has 1 unspecified atom stereocenters. The second-order valence-corrected chi connectivity index (χ2v) is 4.13. The molecule has 1 N–H and O–H groups in total. The van der Waals surface area contributed by atoms with Crippen LogP contribution < -0.4 is 0 Å². The Hall–Kier alpha value is -1.36. The zero-order valence-electron chi connectivity index (χ0n) is 7.34. The minimum absolute atomic E-state index is 0.0152. The van der Waals surface area contributed by atoms with Crippen molar-refractivity contribution in [2.75, 3.05) is 6.54 Å². The van der Waals surface area contributed by atoms with Gasteiger partial charge in [-0.2, -0.15) is 0 Å². The normalized spacial score (nSPS) is 20.7. The third-order valence-corrected chi connectivity index (χ3v) is 3.22. The lowest BCUT2D eigenvalue weighted by molar-refractivity contribution is -0.154. The van der Waals surface area contributed by atoms with Crippen molar-refractivity contribution in [2.45, 2.75) is 12.5 Å². The van der Waals surface area contributed by atoms with Gasteiger partial charge in [-0.25, -0.2) is 0 Å². The summed E-state index contributed by atoms with van der Waals surface area (Å²) in [7, 11) is 0. The van der Waals surface area contributed by atoms with Crippen LogP contribution in [0.15, 0.2) is 17.5 Å². The van der Waals surface area contributed by atoms with Gasteiger partial charge in [0, 0.05) is 4.88 Å². The summed E-state index contributed by atoms with van der Waals surface area (Å²) in [6.45, 7) is -0.193. The van der Waals surface area contributed by atoms with E-state index in [2.05, 4.69) is 0 Å². The standard InChI is InChI=1S/C9H9NO3S/c11-8-4-6(7-2-1-3-14-7)10(8)5-9(12)13/h1-3,6H,4-5H2,(H,12,13). The summed E-state index contributed by atoms with van der Waals surface area (Å²) in [6, 6.07) is 3.82. The Balaban J connectivity index is 2.08. The van der Waals surface area contributed by atoms with Gasteiger partial charge in [-0.1, -0.05) is 6.07 Å². The molecule has 1 aromatic heterocycles. The predicted octanol–water partition coefficient (Wildman–Crippen LogP) is 1.11. The molecule has 1 saturated heterocycles. The van der Waals surface area contributed by atoms with Crippen molar-refractivity contribution in [3.05, 3.63) is 22.4 Å². The van der Waals surface area contributed by atoms with E-state index in [0.29, 0.717) is 6.42 Å². The number of hydrogen-bond donors (Lipinski definition) is 1. The molecule has 0 saturated carbocycles. The van der Waals surface area contributed by atoms with E-state index in [9.17, 15) is 9.59 Å². The van der Waals surface area contributed by atoms with Gasteiger partial charge in [0.15, 0.2) is 0 Å². The SMILES string of the molecule is O=C(O)CN1C(=O)CC1c1cccs1. The third kappa shape index (κ3) is 1.50. The molecule has 4 nitrogen and oxygen atoms in total. The van der Waals surface area contributed by atoms with Crippen LogP contribution in [0, 0.1) is 0 Å². The summed E-state index contributed by atoms with van der Waals surface area (Å²) in [5, 5.41) is 10.5. The molecule has 1 aliphatic heterocycles. The van der Waals surface area contributed by atoms with E-state index in [0.717, 1.165) is 4.88 Å². The Morgan fingerprint density at radius 2 is 2.50 bits per heavy atom. The predicted molar refractivity (Wildman–Crippen MR) is 51.0 cm³/mol. The fraction of sp³-hybridized carbons (Fsp3) is 0.333. The number of nitrogens with zero attached hydrogens (tertiary/aromatic N) is 1. The highest BCUT2D eigenvalue weighted by molar-refractivity contribution is 7.10. The van der Waals surface area contributed by atoms with Gasteiger partial charge < -0.3 is 10.0 Å². The van der Waals surface area contributed by atoms with E-state index in [4.69, 9.17) is 5.11 Å². The highest BCUT2D eigenvalue weighted by Gasteiger charge is 2.38. The largest absolute Gasteiger partial charge is 0.480 e. The quantitative estimate of drug-likeness (QED) is 0.762. The Labute approximate surface area is 84.8 Å². The fourth-order valence-electron chi connectivity index (χ4n) is 1.53. The second-order valence-electron chi connectivity index (χ2n) is 3.15. The van der Waals surface area contributed by atoms with E-state index < -0.39 is 5.97 Å². The lowest BCUT2D eigenvalue weighted by Crippen LogP contribution is -2.48. The average molecular weight is 211 g/mol. The van der Waals surface area contributed by atoms with Crippen LogP contribution in [0.4, 0.5) is 0 Å². The topological polar surface area (TPSA) is 57.6 Å². The second kappa shape index (κ2) is 3.42. The highest BCUT2D eigenvalue weighted by Crippen LogP contribution is 2.36. The molecular formula is C9H9NO3S. The smallest absolute Gasteiger partial charge is 0.323 e. The van der Waals surface area contributed by atoms with Gasteiger partial charge in [0.2, 0.25) is 5.91 Å². The lowest BCUT2D eigenvalue weighted by atomic mass is 10.0. The van der Waals surface area contributed by atoms with Gasteiger partial charge in [0.05, 0.1) is 12.5 Å². The minimum Gasteiger partial charge on any atom is -0.480 e. The number of rotatable bonds is 3. The lowest BCUT2D eigenvalue weighted by Gasteiger charge is -2.38. The summed E-state index contributed by atoms with van der Waals surface area (Å²) in [6.07, 6.45) is 0.438. The third-order valence-electron chi connectivity index (χ3n) is 2.24. The zero-order valence-corrected chi connectivity index (χ0v) is 8.16. The van der Waals surface area contributed by atoms with Crippen molar-refractivity contribution >= 4 is 23.2 Å². The van der Waals surface area contributed by atoms with Crippen LogP contribution in [0.25, 0.3) is 0 Å². The zero-order chi connectivity index (χ0) is 10.1. The fourth-order valence-corrected chi connectivity index (χ4v) is 2.37. The molecule has 2 heterocycles. The highest BCUT2D eigenvalue weighted by atomic mass is 32.1. The first-order chi connectivity index (χ1) is 6.68. The summed E-state index contributed by atoms with van der Waals surface area (Å²) < 4.78 is 0. The number of carbonyl (C=O) groups is 2. The van der Waals surface area contributed by atoms with Crippen molar-refractivity contribution in [3.8, 4) is 0 Å². The maximum Gasteiger partial charge on any atom is 0.323 e. The maximum atomic E-state index is 11.1. The number of carbonyl (C=O) groups excluding carboxylic acids is 1. The van der Waals surface area contributed by atoms with E-state index in [-0.39, 0.29) is 18.5 Å². The number of hydrogen-bond acceptors (Lipinski definition) is 3. The van der Waals surface area contributed by atoms with Crippen molar-refractivity contribution in [3.63, 3.8) is 0 Å². The van der Waals surface area contributed by atoms with Gasteiger partial charge in [-0.05, 0) is 11.4 Å². The van der Waals surface area contributed by atoms with Crippen LogP contribution in [-0.4, -0.2) is 28.4 Å². The molecule has 2 rings (SSSR count). The molecule has 0 spiro atoms. The number of carboxylic acids is 1. The molecule has 0 aliphatic carbocycles. The summed E-state index contributed by atoms with van der Waals surface area (Å²) in [5.74, 6) is -1.04. The van der Waals surface area contributed by atoms with Crippen LogP contribution in [-0.2, 0) is 9.59 Å². The molecule has 0 bridgehead atoms. The van der Waals surface area contributed by atoms with Crippen molar-refractivity contribution in [1.29, 1.82) is 0 Å². The maximum absolute atomic E-state index is 11.1. The molecule has 0 aromatic carbocycles. The molecule has 74 valence electrons. The van der Waals surface area contributed by atoms with Gasteiger partial charge in [-0.3, -0.25) is 9.59 Å². The van der Waals surface area contributed by atoms with E-state index >= 15 is 0 Å².